The zero-order chi connectivity index (χ0) is 35.1. The van der Waals surface area contributed by atoms with Gasteiger partial charge in [-0.05, 0) is 69.1 Å². The minimum atomic E-state index is 0.710. The van der Waals surface area contributed by atoms with Gasteiger partial charge < -0.3 is 0 Å². The van der Waals surface area contributed by atoms with Crippen molar-refractivity contribution in [2.24, 2.45) is 0 Å². The summed E-state index contributed by atoms with van der Waals surface area (Å²) in [4.78, 5) is 10.3. The quantitative estimate of drug-likeness (QED) is 0.173. The number of hydrogen-bond acceptors (Lipinski definition) is 3. The van der Waals surface area contributed by atoms with E-state index in [2.05, 4.69) is 170 Å². The summed E-state index contributed by atoms with van der Waals surface area (Å²) < 4.78 is 2.60. The topological polar surface area (TPSA) is 25.8 Å². The molecule has 0 unspecified atom stereocenters. The number of fused-ring (bicyclic) bond motifs is 5. The average molecular weight is 693 g/mol. The van der Waals surface area contributed by atoms with E-state index in [0.717, 1.165) is 44.8 Å². The molecular weight excluding hydrogens is 661 g/mol. The van der Waals surface area contributed by atoms with Gasteiger partial charge in [0.05, 0.1) is 11.4 Å². The molecule has 2 aromatic heterocycles. The van der Waals surface area contributed by atoms with Crippen LogP contribution < -0.4 is 0 Å². The Kier molecular flexibility index (Phi) is 7.71. The molecule has 3 heteroatoms. The largest absolute Gasteiger partial charge is 0.228 e. The fourth-order valence-corrected chi connectivity index (χ4v) is 8.80. The Balaban J connectivity index is 1.21. The van der Waals surface area contributed by atoms with E-state index >= 15 is 0 Å². The van der Waals surface area contributed by atoms with Gasteiger partial charge in [-0.2, -0.15) is 0 Å². The lowest BCUT2D eigenvalue weighted by Gasteiger charge is -2.14. The highest BCUT2D eigenvalue weighted by molar-refractivity contribution is 7.26. The summed E-state index contributed by atoms with van der Waals surface area (Å²) in [5.74, 6) is 0.710. The van der Waals surface area contributed by atoms with Crippen LogP contribution in [0.15, 0.2) is 194 Å². The Hall–Kier alpha value is -6.68. The summed E-state index contributed by atoms with van der Waals surface area (Å²) in [5.41, 5.74) is 12.1. The number of thiophene rings is 1. The molecule has 0 aliphatic heterocycles. The number of benzene rings is 8. The summed E-state index contributed by atoms with van der Waals surface area (Å²) in [7, 11) is 0. The minimum absolute atomic E-state index is 0.710. The molecule has 0 N–H and O–H groups in total. The zero-order valence-corrected chi connectivity index (χ0v) is 29.6. The Morgan fingerprint density at radius 1 is 0.321 bits per heavy atom. The third kappa shape index (κ3) is 5.68. The van der Waals surface area contributed by atoms with Crippen molar-refractivity contribution < 1.29 is 0 Å². The third-order valence-electron chi connectivity index (χ3n) is 10.1. The number of hydrogen-bond donors (Lipinski definition) is 0. The highest BCUT2D eigenvalue weighted by Crippen LogP contribution is 2.45. The van der Waals surface area contributed by atoms with Gasteiger partial charge in [-0.15, -0.1) is 11.3 Å². The van der Waals surface area contributed by atoms with Gasteiger partial charge in [0.15, 0.2) is 5.82 Å². The highest BCUT2D eigenvalue weighted by atomic mass is 32.1. The van der Waals surface area contributed by atoms with Gasteiger partial charge in [-0.3, -0.25) is 0 Å². The summed E-state index contributed by atoms with van der Waals surface area (Å²) >= 11 is 1.88. The van der Waals surface area contributed by atoms with Crippen molar-refractivity contribution in [1.82, 2.24) is 9.97 Å². The summed E-state index contributed by atoms with van der Waals surface area (Å²) in [6.07, 6.45) is 0. The van der Waals surface area contributed by atoms with Gasteiger partial charge in [-0.1, -0.05) is 164 Å². The molecule has 53 heavy (non-hydrogen) atoms. The second-order valence-electron chi connectivity index (χ2n) is 13.3. The van der Waals surface area contributed by atoms with Crippen molar-refractivity contribution in [2.45, 2.75) is 0 Å². The smallest absolute Gasteiger partial charge is 0.160 e. The molecule has 0 bridgehead atoms. The molecule has 10 rings (SSSR count). The monoisotopic (exact) mass is 692 g/mol. The minimum Gasteiger partial charge on any atom is -0.228 e. The van der Waals surface area contributed by atoms with Crippen LogP contribution in [0.4, 0.5) is 0 Å². The molecule has 0 spiro atoms. The van der Waals surface area contributed by atoms with Crippen LogP contribution in [-0.4, -0.2) is 9.97 Å². The van der Waals surface area contributed by atoms with E-state index in [9.17, 15) is 0 Å². The standard InChI is InChI=1S/C50H32N2S/c1-5-15-33(16-6-1)37-29-38(31-39(30-37)46-32-45(35-19-9-3-10-20-35)51-50(52-46)36-21-11-4-12-22-36)41-24-14-26-47-48(41)44-28-27-42-40(34-17-7-2-8-18-34)23-13-25-43(42)49(44)53-47/h1-32H. The van der Waals surface area contributed by atoms with Crippen LogP contribution in [0.5, 0.6) is 0 Å². The first-order chi connectivity index (χ1) is 26.3. The van der Waals surface area contributed by atoms with E-state index in [0.29, 0.717) is 5.82 Å². The Morgan fingerprint density at radius 2 is 0.868 bits per heavy atom. The fourth-order valence-electron chi connectivity index (χ4n) is 7.55. The lowest BCUT2D eigenvalue weighted by atomic mass is 9.92. The molecule has 0 fully saturated rings. The maximum Gasteiger partial charge on any atom is 0.160 e. The first-order valence-electron chi connectivity index (χ1n) is 17.9. The van der Waals surface area contributed by atoms with Gasteiger partial charge >= 0.3 is 0 Å². The highest BCUT2D eigenvalue weighted by Gasteiger charge is 2.18. The van der Waals surface area contributed by atoms with E-state index in [4.69, 9.17) is 9.97 Å². The number of nitrogens with zero attached hydrogens (tertiary/aromatic N) is 2. The first-order valence-corrected chi connectivity index (χ1v) is 18.7. The SMILES string of the molecule is c1ccc(-c2cc(-c3cc(-c4ccccc4)nc(-c4ccccc4)n3)cc(-c3cccc4sc5c6cccc(-c7ccccc7)c6ccc5c34)c2)cc1. The van der Waals surface area contributed by atoms with E-state index in [1.807, 2.05) is 35.6 Å². The normalized spacial score (nSPS) is 11.4. The van der Waals surface area contributed by atoms with Crippen molar-refractivity contribution >= 4 is 42.3 Å². The predicted molar refractivity (Wildman–Crippen MR) is 225 cm³/mol. The van der Waals surface area contributed by atoms with Crippen LogP contribution in [0.2, 0.25) is 0 Å². The molecule has 0 aliphatic carbocycles. The third-order valence-corrected chi connectivity index (χ3v) is 11.3. The second kappa shape index (κ2) is 13.1. The molecule has 8 aromatic carbocycles. The van der Waals surface area contributed by atoms with E-state index in [1.165, 1.54) is 47.6 Å². The van der Waals surface area contributed by atoms with Crippen molar-refractivity contribution in [1.29, 1.82) is 0 Å². The molecule has 0 aliphatic rings. The van der Waals surface area contributed by atoms with E-state index < -0.39 is 0 Å². The average Bonchev–Trinajstić information content (AvgIpc) is 3.64. The fraction of sp³-hybridized carbons (Fsp3) is 0. The van der Waals surface area contributed by atoms with Crippen LogP contribution in [0, 0.1) is 0 Å². The van der Waals surface area contributed by atoms with Crippen LogP contribution in [0.25, 0.3) is 98.2 Å². The molecule has 0 saturated carbocycles. The molecule has 10 aromatic rings. The molecular formula is C50H32N2S. The maximum absolute atomic E-state index is 5.23. The van der Waals surface area contributed by atoms with Crippen molar-refractivity contribution in [2.75, 3.05) is 0 Å². The second-order valence-corrected chi connectivity index (χ2v) is 14.4. The van der Waals surface area contributed by atoms with Crippen molar-refractivity contribution in [3.8, 4) is 67.3 Å². The molecule has 2 heterocycles. The van der Waals surface area contributed by atoms with Crippen LogP contribution in [0.3, 0.4) is 0 Å². The van der Waals surface area contributed by atoms with E-state index in [1.54, 1.807) is 0 Å². The lowest BCUT2D eigenvalue weighted by molar-refractivity contribution is 1.18. The zero-order valence-electron chi connectivity index (χ0n) is 28.8. The van der Waals surface area contributed by atoms with Gasteiger partial charge in [0.1, 0.15) is 0 Å². The number of rotatable bonds is 6. The van der Waals surface area contributed by atoms with Gasteiger partial charge in [-0.25, -0.2) is 9.97 Å². The van der Waals surface area contributed by atoms with Crippen molar-refractivity contribution in [3.63, 3.8) is 0 Å². The van der Waals surface area contributed by atoms with Crippen LogP contribution >= 0.6 is 11.3 Å². The van der Waals surface area contributed by atoms with Gasteiger partial charge in [0, 0.05) is 42.2 Å². The summed E-state index contributed by atoms with van der Waals surface area (Å²) in [6, 6.07) is 69.1. The van der Waals surface area contributed by atoms with Gasteiger partial charge in [0.2, 0.25) is 0 Å². The summed E-state index contributed by atoms with van der Waals surface area (Å²) in [5, 5.41) is 5.13. The Bertz CT molecular complexity index is 2860. The summed E-state index contributed by atoms with van der Waals surface area (Å²) in [6.45, 7) is 0. The first kappa shape index (κ1) is 31.1. The van der Waals surface area contributed by atoms with Crippen molar-refractivity contribution in [3.05, 3.63) is 194 Å². The predicted octanol–water partition coefficient (Wildman–Crippen LogP) is 14.0. The van der Waals surface area contributed by atoms with Crippen LogP contribution in [0.1, 0.15) is 0 Å². The molecule has 0 saturated heterocycles. The van der Waals surface area contributed by atoms with E-state index in [-0.39, 0.29) is 0 Å². The molecule has 2 nitrogen and oxygen atoms in total. The Labute approximate surface area is 312 Å². The number of aromatic nitrogens is 2. The molecule has 0 atom stereocenters. The van der Waals surface area contributed by atoms with Crippen LogP contribution in [-0.2, 0) is 0 Å². The molecule has 0 radical (unpaired) electrons. The molecule has 0 amide bonds. The maximum atomic E-state index is 5.23. The Morgan fingerprint density at radius 3 is 1.58 bits per heavy atom. The van der Waals surface area contributed by atoms with Gasteiger partial charge in [0.25, 0.3) is 0 Å². The lowest BCUT2D eigenvalue weighted by Crippen LogP contribution is -1.96. The molecule has 248 valence electrons.